The number of rotatable bonds is 5. The smallest absolute Gasteiger partial charge is 0.279 e. The molecule has 2 aromatic carbocycles. The van der Waals surface area contributed by atoms with Crippen molar-refractivity contribution in [1.29, 1.82) is 0 Å². The minimum Gasteiger partial charge on any atom is -0.382 e. The average Bonchev–Trinajstić information content (AvgIpc) is 3.58. The summed E-state index contributed by atoms with van der Waals surface area (Å²) in [6.07, 6.45) is 5.86. The van der Waals surface area contributed by atoms with Crippen molar-refractivity contribution in [2.75, 3.05) is 24.6 Å². The largest absolute Gasteiger partial charge is 0.382 e. The summed E-state index contributed by atoms with van der Waals surface area (Å²) in [4.78, 5) is 41.1. The van der Waals surface area contributed by atoms with Crippen molar-refractivity contribution in [3.63, 3.8) is 0 Å². The Hall–Kier alpha value is -4.44. The molecule has 5 N–H and O–H groups in total. The molecule has 0 aliphatic carbocycles. The van der Waals surface area contributed by atoms with E-state index >= 15 is 0 Å². The van der Waals surface area contributed by atoms with E-state index in [4.69, 9.17) is 28.1 Å². The number of amides is 2. The number of amidine groups is 1. The lowest BCUT2D eigenvalue weighted by atomic mass is 9.85. The van der Waals surface area contributed by atoms with Gasteiger partial charge in [0.25, 0.3) is 11.8 Å². The molecule has 1 saturated heterocycles. The van der Waals surface area contributed by atoms with Crippen molar-refractivity contribution >= 4 is 51.8 Å². The molecule has 0 bridgehead atoms. The first-order valence-corrected chi connectivity index (χ1v) is 14.5. The van der Waals surface area contributed by atoms with Crippen molar-refractivity contribution in [3.05, 3.63) is 82.3 Å². The fourth-order valence-electron chi connectivity index (χ4n) is 5.91. The topological polar surface area (TPSA) is 145 Å². The number of fused-ring (bicyclic) bond motifs is 1. The van der Waals surface area contributed by atoms with Crippen LogP contribution < -0.4 is 16.8 Å². The van der Waals surface area contributed by atoms with Gasteiger partial charge in [0.2, 0.25) is 0 Å². The molecule has 1 fully saturated rings. The average molecular weight is 585 g/mol. The molecule has 2 amide bonds. The Morgan fingerprint density at radius 3 is 2.52 bits per heavy atom. The fourth-order valence-corrected chi connectivity index (χ4v) is 6.03. The van der Waals surface area contributed by atoms with Crippen molar-refractivity contribution in [2.24, 2.45) is 4.99 Å². The Labute approximate surface area is 248 Å². The number of halogens is 1. The monoisotopic (exact) mass is 584 g/mol. The van der Waals surface area contributed by atoms with Gasteiger partial charge in [-0.2, -0.15) is 0 Å². The molecule has 2 aliphatic heterocycles. The van der Waals surface area contributed by atoms with Crippen LogP contribution in [0.3, 0.4) is 0 Å². The Morgan fingerprint density at radius 1 is 1.00 bits per heavy atom. The van der Waals surface area contributed by atoms with Crippen LogP contribution in [0.15, 0.2) is 59.7 Å². The quantitative estimate of drug-likeness (QED) is 0.317. The van der Waals surface area contributed by atoms with E-state index in [-0.39, 0.29) is 33.9 Å². The van der Waals surface area contributed by atoms with Crippen molar-refractivity contribution in [1.82, 2.24) is 24.8 Å². The van der Waals surface area contributed by atoms with Crippen LogP contribution in [0.2, 0.25) is 5.15 Å². The lowest BCUT2D eigenvalue weighted by molar-refractivity contribution is 0.0675. The molecule has 0 unspecified atom stereocenters. The number of aryl methyl sites for hydroxylation is 3. The Kier molecular flexibility index (Phi) is 7.32. The molecule has 6 rings (SSSR count). The van der Waals surface area contributed by atoms with Crippen LogP contribution in [-0.4, -0.2) is 55.7 Å². The lowest BCUT2D eigenvalue weighted by Crippen LogP contribution is -2.45. The predicted octanol–water partition coefficient (Wildman–Crippen LogP) is 4.40. The summed E-state index contributed by atoms with van der Waals surface area (Å²) in [7, 11) is 0. The first-order valence-electron chi connectivity index (χ1n) is 14.1. The number of anilines is 2. The molecular weight excluding hydrogens is 552 g/mol. The number of nitrogens with one attached hydrogen (secondary N) is 1. The number of likely N-dealkylation sites (tertiary alicyclic amines) is 1. The molecule has 1 spiro atoms. The van der Waals surface area contributed by atoms with Gasteiger partial charge >= 0.3 is 0 Å². The van der Waals surface area contributed by atoms with E-state index in [1.807, 2.05) is 23.1 Å². The zero-order chi connectivity index (χ0) is 29.4. The highest BCUT2D eigenvalue weighted by atomic mass is 35.5. The van der Waals surface area contributed by atoms with Crippen LogP contribution in [-0.2, 0) is 13.0 Å². The van der Waals surface area contributed by atoms with Crippen LogP contribution in [0.4, 0.5) is 11.6 Å². The number of piperidine rings is 1. The molecule has 11 heteroatoms. The van der Waals surface area contributed by atoms with Gasteiger partial charge in [-0.05, 0) is 56.4 Å². The third-order valence-electron chi connectivity index (χ3n) is 8.36. The van der Waals surface area contributed by atoms with Gasteiger partial charge < -0.3 is 26.3 Å². The van der Waals surface area contributed by atoms with Gasteiger partial charge in [-0.3, -0.25) is 14.6 Å². The maximum atomic E-state index is 13.7. The maximum Gasteiger partial charge on any atom is 0.279 e. The third-order valence-corrected chi connectivity index (χ3v) is 8.64. The van der Waals surface area contributed by atoms with Crippen LogP contribution in [0, 0.1) is 6.92 Å². The van der Waals surface area contributed by atoms with Gasteiger partial charge in [0.15, 0.2) is 22.5 Å². The van der Waals surface area contributed by atoms with Crippen LogP contribution >= 0.6 is 11.6 Å². The molecule has 10 nitrogen and oxygen atoms in total. The Balaban J connectivity index is 1.10. The normalized spacial score (nSPS) is 16.1. The molecule has 42 heavy (non-hydrogen) atoms. The van der Waals surface area contributed by atoms with Gasteiger partial charge in [0.1, 0.15) is 5.84 Å². The van der Waals surface area contributed by atoms with E-state index in [9.17, 15) is 9.59 Å². The molecule has 216 valence electrons. The summed E-state index contributed by atoms with van der Waals surface area (Å²) in [5, 5.41) is 3.70. The van der Waals surface area contributed by atoms with E-state index in [0.717, 1.165) is 48.7 Å². The van der Waals surface area contributed by atoms with Crippen molar-refractivity contribution in [3.8, 4) is 0 Å². The van der Waals surface area contributed by atoms with E-state index in [0.29, 0.717) is 25.3 Å². The van der Waals surface area contributed by atoms with Gasteiger partial charge in [-0.25, -0.2) is 9.97 Å². The highest BCUT2D eigenvalue weighted by molar-refractivity contribution is 6.31. The number of hydrogen-bond donors (Lipinski definition) is 3. The molecular formula is C31H33ClN8O2. The summed E-state index contributed by atoms with van der Waals surface area (Å²) in [6, 6.07) is 16.6. The molecule has 2 aromatic heterocycles. The predicted molar refractivity (Wildman–Crippen MR) is 165 cm³/mol. The molecule has 0 radical (unpaired) electrons. The van der Waals surface area contributed by atoms with E-state index in [2.05, 4.69) is 63.3 Å². The van der Waals surface area contributed by atoms with Gasteiger partial charge in [0, 0.05) is 48.7 Å². The minimum absolute atomic E-state index is 0.0314. The number of nitrogens with two attached hydrogens (primary N) is 2. The van der Waals surface area contributed by atoms with E-state index in [1.165, 1.54) is 11.1 Å². The summed E-state index contributed by atoms with van der Waals surface area (Å²) < 4.78 is 2.22. The first-order chi connectivity index (χ1) is 20.2. The van der Waals surface area contributed by atoms with Crippen LogP contribution in [0.5, 0.6) is 0 Å². The van der Waals surface area contributed by atoms with Gasteiger partial charge in [-0.15, -0.1) is 0 Å². The first kappa shape index (κ1) is 27.7. The number of aromatic nitrogens is 3. The standard InChI is InChI=1S/C31H33ClN8O2/c1-19-5-7-20(8-6-19)10-15-39-16-11-21-22(3-2-4-23(21)39)30(42)40-17-13-31(14-18-40)12-9-24(38-31)35-29(41)25-27(33)37-28(34)26(32)36-25/h2-8,11,16H,9-10,12-15,17-18H2,1H3,(H4,33,34,37)(H,35,38,41). The molecule has 4 aromatic rings. The summed E-state index contributed by atoms with van der Waals surface area (Å²) in [6.45, 7) is 4.13. The second-order valence-corrected chi connectivity index (χ2v) is 11.5. The Morgan fingerprint density at radius 2 is 1.76 bits per heavy atom. The van der Waals surface area contributed by atoms with Crippen molar-refractivity contribution < 1.29 is 9.59 Å². The summed E-state index contributed by atoms with van der Waals surface area (Å²) in [5.74, 6) is -0.0336. The maximum absolute atomic E-state index is 13.7. The SMILES string of the molecule is Cc1ccc(CCn2ccc3c(C(=O)N4CCC5(CCC(NC(=O)c6nc(Cl)c(N)nc6N)=N5)CC4)cccc32)cc1. The highest BCUT2D eigenvalue weighted by Gasteiger charge is 2.40. The summed E-state index contributed by atoms with van der Waals surface area (Å²) >= 11 is 5.92. The van der Waals surface area contributed by atoms with Crippen LogP contribution in [0.25, 0.3) is 10.9 Å². The van der Waals surface area contributed by atoms with E-state index in [1.54, 1.807) is 0 Å². The molecule has 2 aliphatic rings. The number of aliphatic imine (C=N–C) groups is 1. The number of carbonyl (C=O) groups excluding carboxylic acids is 2. The highest BCUT2D eigenvalue weighted by Crippen LogP contribution is 2.36. The Bertz CT molecular complexity index is 1700. The lowest BCUT2D eigenvalue weighted by Gasteiger charge is -2.37. The minimum atomic E-state index is -0.524. The number of nitrogens with zero attached hydrogens (tertiary/aromatic N) is 5. The third kappa shape index (κ3) is 5.42. The fraction of sp³-hybridized carbons (Fsp3) is 0.323. The number of benzene rings is 2. The van der Waals surface area contributed by atoms with Gasteiger partial charge in [0.05, 0.1) is 5.54 Å². The van der Waals surface area contributed by atoms with Crippen molar-refractivity contribution in [2.45, 2.75) is 51.1 Å². The molecule has 0 atom stereocenters. The van der Waals surface area contributed by atoms with Crippen LogP contribution in [0.1, 0.15) is 57.7 Å². The van der Waals surface area contributed by atoms with Gasteiger partial charge in [-0.1, -0.05) is 47.5 Å². The van der Waals surface area contributed by atoms with E-state index < -0.39 is 5.91 Å². The zero-order valence-corrected chi connectivity index (χ0v) is 24.2. The summed E-state index contributed by atoms with van der Waals surface area (Å²) in [5.41, 5.74) is 15.4. The zero-order valence-electron chi connectivity index (χ0n) is 23.4. The number of hydrogen-bond acceptors (Lipinski definition) is 7. The number of carbonyl (C=O) groups is 2. The molecule has 0 saturated carbocycles. The number of nitrogen functional groups attached to an aromatic ring is 2. The second-order valence-electron chi connectivity index (χ2n) is 11.1. The molecule has 4 heterocycles. The second kappa shape index (κ2) is 11.1.